The lowest BCUT2D eigenvalue weighted by molar-refractivity contribution is -0.118. The molecule has 1 aromatic carbocycles. The molecule has 0 spiro atoms. The first-order valence-corrected chi connectivity index (χ1v) is 7.39. The van der Waals surface area contributed by atoms with Crippen LogP contribution in [0.3, 0.4) is 0 Å². The molecule has 1 fully saturated rings. The molecule has 3 rings (SSSR count). The molecule has 0 bridgehead atoms. The van der Waals surface area contributed by atoms with Crippen LogP contribution in [0.25, 0.3) is 11.3 Å². The number of aromatic nitrogens is 1. The molecular weight excluding hydrogens is 282 g/mol. The van der Waals surface area contributed by atoms with Crippen molar-refractivity contribution >= 4 is 11.6 Å². The normalized spacial score (nSPS) is 18.0. The van der Waals surface area contributed by atoms with E-state index < -0.39 is 0 Å². The van der Waals surface area contributed by atoms with Crippen LogP contribution in [0.15, 0.2) is 35.2 Å². The maximum absolute atomic E-state index is 12.4. The average molecular weight is 301 g/mol. The van der Waals surface area contributed by atoms with Gasteiger partial charge in [0.15, 0.2) is 12.2 Å². The molecule has 1 unspecified atom stereocenters. The van der Waals surface area contributed by atoms with Crippen LogP contribution < -0.4 is 15.4 Å². The standard InChI is InChI=1S/C16H19N3O3/c1-21-13-7-4-6-11(15(13)14-9-17-10-22-14)19-16(20)12-5-2-3-8-18-12/h4,6-7,9-10,12,18H,2-3,5,8H2,1H3,(H,19,20). The van der Waals surface area contributed by atoms with E-state index in [9.17, 15) is 4.79 Å². The van der Waals surface area contributed by atoms with Gasteiger partial charge in [-0.05, 0) is 31.5 Å². The Morgan fingerprint density at radius 2 is 2.36 bits per heavy atom. The van der Waals surface area contributed by atoms with Crippen LogP contribution in [-0.4, -0.2) is 30.6 Å². The molecule has 1 saturated heterocycles. The topological polar surface area (TPSA) is 76.4 Å². The van der Waals surface area contributed by atoms with Crippen LogP contribution in [0.1, 0.15) is 19.3 Å². The number of nitrogens with zero attached hydrogens (tertiary/aromatic N) is 1. The number of nitrogens with one attached hydrogen (secondary N) is 2. The molecule has 1 aliphatic rings. The Hall–Kier alpha value is -2.34. The first kappa shape index (κ1) is 14.6. The van der Waals surface area contributed by atoms with E-state index in [4.69, 9.17) is 9.15 Å². The Bertz CT molecular complexity index is 634. The number of oxazole rings is 1. The van der Waals surface area contributed by atoms with Gasteiger partial charge in [-0.2, -0.15) is 0 Å². The number of piperidine rings is 1. The zero-order valence-corrected chi connectivity index (χ0v) is 12.5. The van der Waals surface area contributed by atoms with Crippen molar-refractivity contribution in [3.63, 3.8) is 0 Å². The summed E-state index contributed by atoms with van der Waals surface area (Å²) < 4.78 is 10.8. The van der Waals surface area contributed by atoms with Crippen molar-refractivity contribution in [2.75, 3.05) is 19.0 Å². The lowest BCUT2D eigenvalue weighted by Gasteiger charge is -2.23. The van der Waals surface area contributed by atoms with Gasteiger partial charge in [0.05, 0.1) is 30.6 Å². The van der Waals surface area contributed by atoms with E-state index in [0.717, 1.165) is 25.8 Å². The second-order valence-electron chi connectivity index (χ2n) is 5.24. The molecule has 116 valence electrons. The van der Waals surface area contributed by atoms with Gasteiger partial charge in [0.25, 0.3) is 0 Å². The van der Waals surface area contributed by atoms with E-state index in [-0.39, 0.29) is 11.9 Å². The molecule has 1 amide bonds. The third-order valence-corrected chi connectivity index (χ3v) is 3.81. The van der Waals surface area contributed by atoms with Crippen LogP contribution in [-0.2, 0) is 4.79 Å². The Morgan fingerprint density at radius 1 is 1.45 bits per heavy atom. The van der Waals surface area contributed by atoms with Crippen molar-refractivity contribution in [2.45, 2.75) is 25.3 Å². The highest BCUT2D eigenvalue weighted by Crippen LogP contribution is 2.36. The number of hydrogen-bond acceptors (Lipinski definition) is 5. The van der Waals surface area contributed by atoms with Crippen molar-refractivity contribution in [3.05, 3.63) is 30.8 Å². The first-order chi connectivity index (χ1) is 10.8. The molecule has 0 aliphatic carbocycles. The van der Waals surface area contributed by atoms with Crippen LogP contribution in [0.5, 0.6) is 5.75 Å². The molecule has 6 heteroatoms. The minimum atomic E-state index is -0.150. The van der Waals surface area contributed by atoms with E-state index in [2.05, 4.69) is 15.6 Å². The second kappa shape index (κ2) is 6.62. The van der Waals surface area contributed by atoms with Gasteiger partial charge in [-0.25, -0.2) is 4.98 Å². The number of ether oxygens (including phenoxy) is 1. The Kier molecular flexibility index (Phi) is 4.39. The van der Waals surface area contributed by atoms with E-state index in [1.165, 1.54) is 6.39 Å². The number of carbonyl (C=O) groups excluding carboxylic acids is 1. The van der Waals surface area contributed by atoms with Crippen molar-refractivity contribution < 1.29 is 13.9 Å². The van der Waals surface area contributed by atoms with Crippen LogP contribution >= 0.6 is 0 Å². The minimum Gasteiger partial charge on any atom is -0.496 e. The lowest BCUT2D eigenvalue weighted by Crippen LogP contribution is -2.43. The predicted molar refractivity (Wildman–Crippen MR) is 82.8 cm³/mol. The van der Waals surface area contributed by atoms with E-state index in [0.29, 0.717) is 22.8 Å². The molecule has 0 radical (unpaired) electrons. The van der Waals surface area contributed by atoms with Crippen molar-refractivity contribution in [1.82, 2.24) is 10.3 Å². The van der Waals surface area contributed by atoms with Gasteiger partial charge in [-0.1, -0.05) is 12.5 Å². The Labute approximate surface area is 128 Å². The van der Waals surface area contributed by atoms with Gasteiger partial charge in [0.1, 0.15) is 5.75 Å². The van der Waals surface area contributed by atoms with Crippen LogP contribution in [0.4, 0.5) is 5.69 Å². The number of rotatable bonds is 4. The predicted octanol–water partition coefficient (Wildman–Crippen LogP) is 2.43. The summed E-state index contributed by atoms with van der Waals surface area (Å²) in [4.78, 5) is 16.4. The highest BCUT2D eigenvalue weighted by molar-refractivity contribution is 5.99. The minimum absolute atomic E-state index is 0.0336. The summed E-state index contributed by atoms with van der Waals surface area (Å²) in [6.07, 6.45) is 6.00. The zero-order chi connectivity index (χ0) is 15.4. The molecular formula is C16H19N3O3. The highest BCUT2D eigenvalue weighted by atomic mass is 16.5. The summed E-state index contributed by atoms with van der Waals surface area (Å²) in [6, 6.07) is 5.35. The molecule has 22 heavy (non-hydrogen) atoms. The van der Waals surface area contributed by atoms with Gasteiger partial charge in [0, 0.05) is 0 Å². The lowest BCUT2D eigenvalue weighted by atomic mass is 10.0. The third-order valence-electron chi connectivity index (χ3n) is 3.81. The number of hydrogen-bond donors (Lipinski definition) is 2. The zero-order valence-electron chi connectivity index (χ0n) is 12.5. The Morgan fingerprint density at radius 3 is 3.05 bits per heavy atom. The summed E-state index contributed by atoms with van der Waals surface area (Å²) in [7, 11) is 1.59. The maximum Gasteiger partial charge on any atom is 0.241 e. The number of benzene rings is 1. The van der Waals surface area contributed by atoms with Crippen molar-refractivity contribution in [1.29, 1.82) is 0 Å². The number of amides is 1. The van der Waals surface area contributed by atoms with E-state index in [1.54, 1.807) is 13.3 Å². The van der Waals surface area contributed by atoms with Crippen LogP contribution in [0.2, 0.25) is 0 Å². The van der Waals surface area contributed by atoms with Gasteiger partial charge in [-0.15, -0.1) is 0 Å². The smallest absolute Gasteiger partial charge is 0.241 e. The fraction of sp³-hybridized carbons (Fsp3) is 0.375. The quantitative estimate of drug-likeness (QED) is 0.907. The second-order valence-corrected chi connectivity index (χ2v) is 5.24. The SMILES string of the molecule is COc1cccc(NC(=O)C2CCCCN2)c1-c1cnco1. The summed E-state index contributed by atoms with van der Waals surface area (Å²) >= 11 is 0. The Balaban J connectivity index is 1.88. The van der Waals surface area contributed by atoms with Gasteiger partial charge >= 0.3 is 0 Å². The van der Waals surface area contributed by atoms with Gasteiger partial charge in [0.2, 0.25) is 5.91 Å². The average Bonchev–Trinajstić information content (AvgIpc) is 3.09. The van der Waals surface area contributed by atoms with E-state index >= 15 is 0 Å². The summed E-state index contributed by atoms with van der Waals surface area (Å²) in [5.41, 5.74) is 1.36. The van der Waals surface area contributed by atoms with Gasteiger partial charge in [-0.3, -0.25) is 4.79 Å². The number of carbonyl (C=O) groups is 1. The molecule has 2 heterocycles. The third kappa shape index (κ3) is 2.96. The molecule has 2 aromatic rings. The number of methoxy groups -OCH3 is 1. The summed E-state index contributed by atoms with van der Waals surface area (Å²) in [6.45, 7) is 0.880. The molecule has 2 N–H and O–H groups in total. The maximum atomic E-state index is 12.4. The first-order valence-electron chi connectivity index (χ1n) is 7.39. The monoisotopic (exact) mass is 301 g/mol. The molecule has 1 aliphatic heterocycles. The number of anilines is 1. The van der Waals surface area contributed by atoms with Crippen molar-refractivity contribution in [2.24, 2.45) is 0 Å². The molecule has 0 saturated carbocycles. The van der Waals surface area contributed by atoms with Crippen LogP contribution in [0, 0.1) is 0 Å². The highest BCUT2D eigenvalue weighted by Gasteiger charge is 2.23. The van der Waals surface area contributed by atoms with Gasteiger partial charge < -0.3 is 19.8 Å². The van der Waals surface area contributed by atoms with E-state index in [1.807, 2.05) is 18.2 Å². The summed E-state index contributed by atoms with van der Waals surface area (Å²) in [5, 5.41) is 6.22. The van der Waals surface area contributed by atoms with Crippen molar-refractivity contribution in [3.8, 4) is 17.1 Å². The fourth-order valence-electron chi connectivity index (χ4n) is 2.69. The fourth-order valence-corrected chi connectivity index (χ4v) is 2.69. The molecule has 1 atom stereocenters. The summed E-state index contributed by atoms with van der Waals surface area (Å²) in [5.74, 6) is 1.16. The molecule has 6 nitrogen and oxygen atoms in total. The largest absolute Gasteiger partial charge is 0.496 e. The molecule has 1 aromatic heterocycles.